The number of aromatic amines is 1. The molecule has 1 saturated heterocycles. The first kappa shape index (κ1) is 22.0. The quantitative estimate of drug-likeness (QED) is 0.481. The van der Waals surface area contributed by atoms with Crippen LogP contribution in [0.5, 0.6) is 0 Å². The first-order valence-corrected chi connectivity index (χ1v) is 9.95. The van der Waals surface area contributed by atoms with Gasteiger partial charge in [0.25, 0.3) is 0 Å². The first-order chi connectivity index (χ1) is 13.8. The molecule has 1 fully saturated rings. The van der Waals surface area contributed by atoms with Gasteiger partial charge in [0.1, 0.15) is 11.5 Å². The summed E-state index contributed by atoms with van der Waals surface area (Å²) in [5.74, 6) is 1.71. The van der Waals surface area contributed by atoms with Crippen LogP contribution in [0.4, 0.5) is 19.0 Å². The Morgan fingerprint density at radius 1 is 1.27 bits per heavy atom. The zero-order chi connectivity index (χ0) is 20.6. The molecule has 30 heavy (non-hydrogen) atoms. The summed E-state index contributed by atoms with van der Waals surface area (Å²) in [4.78, 5) is 10.7. The molecule has 3 aromatic rings. The first-order valence-electron chi connectivity index (χ1n) is 9.95. The number of piperidine rings is 1. The number of anilines is 1. The zero-order valence-corrected chi connectivity index (χ0v) is 17.2. The van der Waals surface area contributed by atoms with Gasteiger partial charge in [0.2, 0.25) is 0 Å². The molecule has 0 unspecified atom stereocenters. The van der Waals surface area contributed by atoms with Gasteiger partial charge in [-0.05, 0) is 55.4 Å². The van der Waals surface area contributed by atoms with E-state index in [2.05, 4.69) is 38.9 Å². The van der Waals surface area contributed by atoms with E-state index in [1.165, 1.54) is 6.07 Å². The summed E-state index contributed by atoms with van der Waals surface area (Å²) >= 11 is 0. The normalized spacial score (nSPS) is 17.4. The second-order valence-corrected chi connectivity index (χ2v) is 8.12. The summed E-state index contributed by atoms with van der Waals surface area (Å²) in [5, 5.41) is 7.29. The van der Waals surface area contributed by atoms with E-state index in [9.17, 15) is 13.2 Å². The van der Waals surface area contributed by atoms with E-state index in [0.717, 1.165) is 38.4 Å². The molecule has 1 atom stereocenters. The second kappa shape index (κ2) is 8.59. The predicted octanol–water partition coefficient (Wildman–Crippen LogP) is 6.69. The van der Waals surface area contributed by atoms with Gasteiger partial charge in [-0.1, -0.05) is 13.8 Å². The highest BCUT2D eigenvalue weighted by Crippen LogP contribution is 2.39. The van der Waals surface area contributed by atoms with Crippen LogP contribution in [0.2, 0.25) is 0 Å². The molecule has 3 aromatic heterocycles. The number of nitrogens with zero attached hydrogens (tertiary/aromatic N) is 4. The number of fused-ring (bicyclic) bond motifs is 1. The highest BCUT2D eigenvalue weighted by Gasteiger charge is 2.36. The molecule has 9 heteroatoms. The minimum atomic E-state index is -4.51. The average Bonchev–Trinajstić information content (AvgIpc) is 3.10. The van der Waals surface area contributed by atoms with Gasteiger partial charge in [-0.3, -0.25) is 5.10 Å². The Labute approximate surface area is 180 Å². The molecule has 1 aliphatic heterocycles. The molecule has 0 amide bonds. The van der Waals surface area contributed by atoms with E-state index in [0.29, 0.717) is 28.7 Å². The number of rotatable bonds is 4. The number of halogens is 3. The number of aromatic nitrogens is 4. The summed E-state index contributed by atoms with van der Waals surface area (Å²) in [5.41, 5.74) is -0.279. The van der Waals surface area contributed by atoms with Crippen LogP contribution in [-0.2, 0) is 6.18 Å². The molecular formula is C21H37F3N6. The summed E-state index contributed by atoms with van der Waals surface area (Å²) in [6.07, 6.45) is 0.332. The molecule has 4 heterocycles. The van der Waals surface area contributed by atoms with Crippen molar-refractivity contribution in [1.29, 1.82) is 0 Å². The smallest absolute Gasteiger partial charge is 0.356 e. The van der Waals surface area contributed by atoms with Crippen LogP contribution in [-0.4, -0.2) is 33.3 Å². The van der Waals surface area contributed by atoms with Crippen molar-refractivity contribution in [2.45, 2.75) is 39.3 Å². The van der Waals surface area contributed by atoms with E-state index >= 15 is 0 Å². The van der Waals surface area contributed by atoms with Gasteiger partial charge in [0.15, 0.2) is 5.65 Å². The molecule has 0 saturated carbocycles. The Morgan fingerprint density at radius 3 is 2.80 bits per heavy atom. The van der Waals surface area contributed by atoms with Gasteiger partial charge >= 0.3 is 6.18 Å². The SMILES string of the molecule is CC(C)C[C@H]1CCCN(c2ccc(C(F)(F)F)c(-c3[nH]nc4ncccc34)n2)C1.N.[HH].[HH].[HH].[HH].[HH]. The molecule has 0 bridgehead atoms. The van der Waals surface area contributed by atoms with Crippen LogP contribution in [0.25, 0.3) is 22.4 Å². The number of hydrogen-bond donors (Lipinski definition) is 2. The number of hydrogen-bond acceptors (Lipinski definition) is 5. The van der Waals surface area contributed by atoms with E-state index in [4.69, 9.17) is 0 Å². The van der Waals surface area contributed by atoms with Crippen molar-refractivity contribution < 1.29 is 20.3 Å². The predicted molar refractivity (Wildman–Crippen MR) is 122 cm³/mol. The summed E-state index contributed by atoms with van der Waals surface area (Å²) in [6.45, 7) is 6.02. The summed E-state index contributed by atoms with van der Waals surface area (Å²) in [6, 6.07) is 6.00. The lowest BCUT2D eigenvalue weighted by Gasteiger charge is -2.34. The van der Waals surface area contributed by atoms with E-state index in [1.807, 2.05) is 0 Å². The third kappa shape index (κ3) is 4.40. The lowest BCUT2D eigenvalue weighted by molar-refractivity contribution is -0.137. The van der Waals surface area contributed by atoms with Gasteiger partial charge < -0.3 is 11.1 Å². The van der Waals surface area contributed by atoms with E-state index < -0.39 is 11.7 Å². The molecular weight excluding hydrogens is 393 g/mol. The van der Waals surface area contributed by atoms with Crippen LogP contribution in [0.1, 0.15) is 45.8 Å². The van der Waals surface area contributed by atoms with Gasteiger partial charge in [-0.25, -0.2) is 9.97 Å². The molecule has 1 aliphatic rings. The third-order valence-corrected chi connectivity index (χ3v) is 5.40. The Balaban J connectivity index is -0.00000171. The largest absolute Gasteiger partial charge is 0.418 e. The fourth-order valence-corrected chi connectivity index (χ4v) is 4.21. The van der Waals surface area contributed by atoms with Crippen molar-refractivity contribution in [1.82, 2.24) is 26.3 Å². The van der Waals surface area contributed by atoms with Crippen LogP contribution in [0, 0.1) is 11.8 Å². The van der Waals surface area contributed by atoms with Crippen molar-refractivity contribution in [3.63, 3.8) is 0 Å². The van der Waals surface area contributed by atoms with Crippen molar-refractivity contribution >= 4 is 16.9 Å². The van der Waals surface area contributed by atoms with Crippen molar-refractivity contribution in [2.75, 3.05) is 18.0 Å². The monoisotopic (exact) mass is 430 g/mol. The third-order valence-electron chi connectivity index (χ3n) is 5.40. The van der Waals surface area contributed by atoms with Gasteiger partial charge in [0.05, 0.1) is 11.3 Å². The Bertz CT molecular complexity index is 1020. The zero-order valence-electron chi connectivity index (χ0n) is 17.2. The number of alkyl halides is 3. The molecule has 0 aliphatic carbocycles. The Morgan fingerprint density at radius 2 is 2.07 bits per heavy atom. The number of pyridine rings is 2. The number of H-pyrrole nitrogens is 1. The molecule has 0 radical (unpaired) electrons. The fourth-order valence-electron chi connectivity index (χ4n) is 4.21. The second-order valence-electron chi connectivity index (χ2n) is 8.12. The van der Waals surface area contributed by atoms with Crippen LogP contribution < -0.4 is 11.1 Å². The molecule has 4 rings (SSSR count). The standard InChI is InChI=1S/C21H24F3N5.H3N.5H2/c1-13(2)11-14-5-4-10-29(12-14)17-8-7-16(21(22,23)24)19(26-17)18-15-6-3-9-25-20(15)28-27-18;;;;;;/h3,6-9,13-14H,4-5,10-12H2,1-2H3,(H,25,27,28);1H3;5*1H/t14-;;;;;;/m1....../s1. The van der Waals surface area contributed by atoms with Gasteiger partial charge in [0, 0.05) is 31.8 Å². The topological polar surface area (TPSA) is 92.7 Å². The van der Waals surface area contributed by atoms with Crippen LogP contribution in [0.15, 0.2) is 30.5 Å². The van der Waals surface area contributed by atoms with Crippen LogP contribution in [0.3, 0.4) is 0 Å². The fraction of sp³-hybridized carbons (Fsp3) is 0.476. The van der Waals surface area contributed by atoms with E-state index in [-0.39, 0.29) is 24.7 Å². The molecule has 172 valence electrons. The highest BCUT2D eigenvalue weighted by atomic mass is 19.4. The Kier molecular flexibility index (Phi) is 6.30. The molecule has 6 nitrogen and oxygen atoms in total. The van der Waals surface area contributed by atoms with Crippen molar-refractivity contribution in [2.24, 2.45) is 11.8 Å². The summed E-state index contributed by atoms with van der Waals surface area (Å²) in [7, 11) is 0. The average molecular weight is 431 g/mol. The molecule has 0 aromatic carbocycles. The van der Waals surface area contributed by atoms with E-state index in [1.54, 1.807) is 18.3 Å². The lowest BCUT2D eigenvalue weighted by atomic mass is 9.90. The van der Waals surface area contributed by atoms with Crippen LogP contribution >= 0.6 is 0 Å². The minimum Gasteiger partial charge on any atom is -0.356 e. The maximum absolute atomic E-state index is 13.7. The summed E-state index contributed by atoms with van der Waals surface area (Å²) < 4.78 is 41.1. The highest BCUT2D eigenvalue weighted by molar-refractivity contribution is 5.90. The minimum absolute atomic E-state index is 0. The lowest BCUT2D eigenvalue weighted by Crippen LogP contribution is -2.36. The molecule has 4 N–H and O–H groups in total. The number of nitrogens with one attached hydrogen (secondary N) is 1. The van der Waals surface area contributed by atoms with Crippen molar-refractivity contribution in [3.05, 3.63) is 36.0 Å². The molecule has 0 spiro atoms. The maximum Gasteiger partial charge on any atom is 0.418 e. The van der Waals surface area contributed by atoms with Gasteiger partial charge in [-0.2, -0.15) is 18.3 Å². The van der Waals surface area contributed by atoms with Crippen molar-refractivity contribution in [3.8, 4) is 11.4 Å². The Hall–Kier alpha value is -2.68. The van der Waals surface area contributed by atoms with Gasteiger partial charge in [-0.15, -0.1) is 0 Å². The maximum atomic E-state index is 13.7.